The molecule has 1 N–H and O–H groups in total. The van der Waals surface area contributed by atoms with Crippen molar-refractivity contribution in [2.24, 2.45) is 0 Å². The Hall–Kier alpha value is -3.81. The van der Waals surface area contributed by atoms with Crippen molar-refractivity contribution in [3.8, 4) is 22.9 Å². The fourth-order valence-corrected chi connectivity index (χ4v) is 5.57. The smallest absolute Gasteiger partial charge is 0.274 e. The number of hydrogen-bond acceptors (Lipinski definition) is 5. The number of aromatic nitrogens is 4. The van der Waals surface area contributed by atoms with E-state index in [0.29, 0.717) is 30.3 Å². The second-order valence-electron chi connectivity index (χ2n) is 9.27. The number of nitrogens with one attached hydrogen (secondary N) is 1. The molecule has 8 nitrogen and oxygen atoms in total. The van der Waals surface area contributed by atoms with Crippen LogP contribution in [0, 0.1) is 0 Å². The van der Waals surface area contributed by atoms with E-state index >= 15 is 0 Å². The highest BCUT2D eigenvalue weighted by atomic mass is 16.5. The van der Waals surface area contributed by atoms with E-state index in [1.165, 1.54) is 0 Å². The number of methoxy groups -OCH3 is 2. The minimum atomic E-state index is 0.0541. The highest BCUT2D eigenvalue weighted by molar-refractivity contribution is 5.94. The third-order valence-electron chi connectivity index (χ3n) is 7.36. The molecule has 0 unspecified atom stereocenters. The van der Waals surface area contributed by atoms with Crippen LogP contribution in [0.25, 0.3) is 22.4 Å². The van der Waals surface area contributed by atoms with Crippen molar-refractivity contribution in [2.75, 3.05) is 27.3 Å². The molecule has 0 spiro atoms. The first-order valence-electron chi connectivity index (χ1n) is 12.2. The predicted molar refractivity (Wildman–Crippen MR) is 133 cm³/mol. The Morgan fingerprint density at radius 3 is 2.63 bits per heavy atom. The Bertz CT molecular complexity index is 1400. The number of H-pyrrole nitrogens is 1. The lowest BCUT2D eigenvalue weighted by atomic mass is 10.0. The van der Waals surface area contributed by atoms with E-state index in [0.717, 1.165) is 65.8 Å². The number of aromatic amines is 1. The van der Waals surface area contributed by atoms with E-state index in [4.69, 9.17) is 14.5 Å². The summed E-state index contributed by atoms with van der Waals surface area (Å²) in [6.45, 7) is 1.39. The normalized spacial score (nSPS) is 16.0. The van der Waals surface area contributed by atoms with E-state index in [2.05, 4.69) is 26.9 Å². The zero-order valence-electron chi connectivity index (χ0n) is 20.1. The van der Waals surface area contributed by atoms with Crippen LogP contribution in [0.1, 0.15) is 47.1 Å². The average molecular weight is 472 g/mol. The summed E-state index contributed by atoms with van der Waals surface area (Å²) in [6.07, 6.45) is 4.75. The van der Waals surface area contributed by atoms with Gasteiger partial charge < -0.3 is 18.9 Å². The summed E-state index contributed by atoms with van der Waals surface area (Å²) in [5, 5.41) is 7.43. The SMILES string of the molecule is COc1ccc(-c2nc3ccccc3n2C2CCN(C(=O)c3n[nH]c4c3CCC4)CC2)cc1OC. The highest BCUT2D eigenvalue weighted by Crippen LogP contribution is 2.37. The van der Waals surface area contributed by atoms with Crippen LogP contribution in [0.15, 0.2) is 42.5 Å². The molecule has 1 saturated heterocycles. The zero-order chi connectivity index (χ0) is 23.9. The fourth-order valence-electron chi connectivity index (χ4n) is 5.57. The molecule has 1 fully saturated rings. The number of imidazole rings is 1. The van der Waals surface area contributed by atoms with Crippen LogP contribution in [-0.4, -0.2) is 57.9 Å². The zero-order valence-corrected chi connectivity index (χ0v) is 20.1. The van der Waals surface area contributed by atoms with Crippen LogP contribution in [0.2, 0.25) is 0 Å². The minimum Gasteiger partial charge on any atom is -0.493 e. The standard InChI is InChI=1S/C27H29N5O3/c1-34-23-11-10-17(16-24(23)35-2)26-28-21-7-3-4-9-22(21)32(26)18-12-14-31(15-13-18)27(33)25-19-6-5-8-20(19)29-30-25/h3-4,7,9-11,16,18H,5-6,8,12-15H2,1-2H3,(H,29,30). The van der Waals surface area contributed by atoms with Gasteiger partial charge >= 0.3 is 0 Å². The fraction of sp³-hybridized carbons (Fsp3) is 0.370. The number of fused-ring (bicyclic) bond motifs is 2. The first-order chi connectivity index (χ1) is 17.2. The molecule has 0 bridgehead atoms. The molecule has 180 valence electrons. The molecule has 1 aliphatic heterocycles. The molecule has 0 saturated carbocycles. The Morgan fingerprint density at radius 1 is 1.03 bits per heavy atom. The summed E-state index contributed by atoms with van der Waals surface area (Å²) >= 11 is 0. The minimum absolute atomic E-state index is 0.0541. The van der Waals surface area contributed by atoms with Gasteiger partial charge in [0.15, 0.2) is 17.2 Å². The Morgan fingerprint density at radius 2 is 1.83 bits per heavy atom. The molecule has 2 aromatic carbocycles. The van der Waals surface area contributed by atoms with Gasteiger partial charge in [0.2, 0.25) is 0 Å². The van der Waals surface area contributed by atoms with Crippen molar-refractivity contribution >= 4 is 16.9 Å². The Kier molecular flexibility index (Phi) is 5.43. The van der Waals surface area contributed by atoms with E-state index in [9.17, 15) is 4.79 Å². The molecular formula is C27H29N5O3. The van der Waals surface area contributed by atoms with E-state index < -0.39 is 0 Å². The molecule has 35 heavy (non-hydrogen) atoms. The number of rotatable bonds is 5. The number of aryl methyl sites for hydroxylation is 1. The van der Waals surface area contributed by atoms with Crippen LogP contribution < -0.4 is 9.47 Å². The molecule has 6 rings (SSSR count). The van der Waals surface area contributed by atoms with Gasteiger partial charge in [0, 0.05) is 36.0 Å². The van der Waals surface area contributed by atoms with Gasteiger partial charge in [0.1, 0.15) is 5.82 Å². The number of carbonyl (C=O) groups excluding carboxylic acids is 1. The number of ether oxygens (including phenoxy) is 2. The lowest BCUT2D eigenvalue weighted by molar-refractivity contribution is 0.0689. The first-order valence-corrected chi connectivity index (χ1v) is 12.2. The van der Waals surface area contributed by atoms with Crippen LogP contribution in [-0.2, 0) is 12.8 Å². The number of piperidine rings is 1. The molecule has 0 atom stereocenters. The number of likely N-dealkylation sites (tertiary alicyclic amines) is 1. The lowest BCUT2D eigenvalue weighted by Gasteiger charge is -2.33. The molecule has 1 amide bonds. The summed E-state index contributed by atoms with van der Waals surface area (Å²) in [5.41, 5.74) is 5.91. The molecule has 3 heterocycles. The number of carbonyl (C=O) groups is 1. The number of nitrogens with zero attached hydrogens (tertiary/aromatic N) is 4. The molecule has 4 aromatic rings. The Balaban J connectivity index is 1.30. The topological polar surface area (TPSA) is 85.3 Å². The maximum atomic E-state index is 13.2. The van der Waals surface area contributed by atoms with Gasteiger partial charge in [-0.3, -0.25) is 9.89 Å². The molecule has 0 radical (unpaired) electrons. The monoisotopic (exact) mass is 471 g/mol. The van der Waals surface area contributed by atoms with Crippen LogP contribution >= 0.6 is 0 Å². The summed E-state index contributed by atoms with van der Waals surface area (Å²) in [6, 6.07) is 14.4. The quantitative estimate of drug-likeness (QED) is 0.466. The summed E-state index contributed by atoms with van der Waals surface area (Å²) in [7, 11) is 3.28. The predicted octanol–water partition coefficient (Wildman–Crippen LogP) is 4.41. The van der Waals surface area contributed by atoms with Crippen molar-refractivity contribution in [2.45, 2.75) is 38.1 Å². The summed E-state index contributed by atoms with van der Waals surface area (Å²) in [5.74, 6) is 2.33. The van der Waals surface area contributed by atoms with Gasteiger partial charge in [-0.1, -0.05) is 12.1 Å². The third kappa shape index (κ3) is 3.64. The summed E-state index contributed by atoms with van der Waals surface area (Å²) in [4.78, 5) is 20.2. The number of hydrogen-bond donors (Lipinski definition) is 1. The largest absolute Gasteiger partial charge is 0.493 e. The Labute approximate surface area is 203 Å². The van der Waals surface area contributed by atoms with Crippen molar-refractivity contribution in [3.05, 3.63) is 59.4 Å². The van der Waals surface area contributed by atoms with E-state index in [1.54, 1.807) is 14.2 Å². The first kappa shape index (κ1) is 21.7. The van der Waals surface area contributed by atoms with Gasteiger partial charge in [-0.05, 0) is 62.4 Å². The highest BCUT2D eigenvalue weighted by Gasteiger charge is 2.31. The van der Waals surface area contributed by atoms with E-state index in [-0.39, 0.29) is 11.9 Å². The summed E-state index contributed by atoms with van der Waals surface area (Å²) < 4.78 is 13.3. The van der Waals surface area contributed by atoms with Crippen molar-refractivity contribution in [3.63, 3.8) is 0 Å². The second kappa shape index (κ2) is 8.76. The van der Waals surface area contributed by atoms with Gasteiger partial charge in [-0.15, -0.1) is 0 Å². The van der Waals surface area contributed by atoms with Gasteiger partial charge in [0.25, 0.3) is 5.91 Å². The van der Waals surface area contributed by atoms with Gasteiger partial charge in [0.05, 0.1) is 25.3 Å². The number of benzene rings is 2. The molecule has 2 aliphatic rings. The van der Waals surface area contributed by atoms with Gasteiger partial charge in [-0.2, -0.15) is 5.10 Å². The maximum absolute atomic E-state index is 13.2. The van der Waals surface area contributed by atoms with Crippen LogP contribution in [0.3, 0.4) is 0 Å². The second-order valence-corrected chi connectivity index (χ2v) is 9.27. The van der Waals surface area contributed by atoms with Gasteiger partial charge in [-0.25, -0.2) is 4.98 Å². The van der Waals surface area contributed by atoms with Crippen LogP contribution in [0.4, 0.5) is 0 Å². The van der Waals surface area contributed by atoms with Crippen LogP contribution in [0.5, 0.6) is 11.5 Å². The lowest BCUT2D eigenvalue weighted by Crippen LogP contribution is -2.39. The average Bonchev–Trinajstić information content (AvgIpc) is 3.62. The maximum Gasteiger partial charge on any atom is 0.274 e. The molecule has 8 heteroatoms. The van der Waals surface area contributed by atoms with E-state index in [1.807, 2.05) is 35.2 Å². The third-order valence-corrected chi connectivity index (χ3v) is 7.36. The van der Waals surface area contributed by atoms with Crippen molar-refractivity contribution in [1.29, 1.82) is 0 Å². The molecular weight excluding hydrogens is 442 g/mol. The number of para-hydroxylation sites is 2. The molecule has 2 aromatic heterocycles. The van der Waals surface area contributed by atoms with Crippen molar-refractivity contribution in [1.82, 2.24) is 24.6 Å². The number of amides is 1. The molecule has 1 aliphatic carbocycles. The van der Waals surface area contributed by atoms with Crippen molar-refractivity contribution < 1.29 is 14.3 Å².